The number of carbonyl (C=O) groups is 1. The van der Waals surface area contributed by atoms with E-state index in [2.05, 4.69) is 4.72 Å². The summed E-state index contributed by atoms with van der Waals surface area (Å²) in [4.78, 5) is 12.6. The molecule has 2 rings (SSSR count). The molecule has 1 N–H and O–H groups in total. The fourth-order valence-corrected chi connectivity index (χ4v) is 4.57. The number of para-hydroxylation sites is 1. The van der Waals surface area contributed by atoms with Gasteiger partial charge >= 0.3 is 5.97 Å². The average Bonchev–Trinajstić information content (AvgIpc) is 2.57. The molecule has 0 saturated carbocycles. The normalized spacial score (nSPS) is 11.5. The quantitative estimate of drug-likeness (QED) is 0.530. The van der Waals surface area contributed by atoms with E-state index in [0.29, 0.717) is 11.1 Å². The number of hydrogen-bond acceptors (Lipinski definition) is 5. The number of aryl methyl sites for hydroxylation is 3. The first kappa shape index (κ1) is 21.9. The number of anilines is 1. The van der Waals surface area contributed by atoms with E-state index in [1.807, 2.05) is 32.9 Å². The van der Waals surface area contributed by atoms with Crippen LogP contribution < -0.4 is 4.72 Å². The molecule has 0 aliphatic rings. The lowest BCUT2D eigenvalue weighted by Crippen LogP contribution is -2.19. The van der Waals surface area contributed by atoms with Crippen molar-refractivity contribution in [1.29, 1.82) is 0 Å². The third-order valence-electron chi connectivity index (χ3n) is 4.03. The molecule has 0 radical (unpaired) electrons. The maximum absolute atomic E-state index is 13.0. The fourth-order valence-electron chi connectivity index (χ4n) is 3.03. The second-order valence-electron chi connectivity index (χ2n) is 6.93. The Kier molecular flexibility index (Phi) is 7.21. The highest BCUT2D eigenvalue weighted by molar-refractivity contribution is 7.92. The van der Waals surface area contributed by atoms with Crippen LogP contribution in [0.3, 0.4) is 0 Å². The SMILES string of the molecule is Cc1cc(C)c(S(=O)(=O)Nc2ccccc2C(=O)OCCOC(C)C)c(C)c1. The summed E-state index contributed by atoms with van der Waals surface area (Å²) < 4.78 is 39.0. The maximum atomic E-state index is 13.0. The summed E-state index contributed by atoms with van der Waals surface area (Å²) in [7, 11) is -3.87. The Bertz CT molecular complexity index is 928. The molecule has 0 spiro atoms. The van der Waals surface area contributed by atoms with Crippen LogP contribution in [0.25, 0.3) is 0 Å². The van der Waals surface area contributed by atoms with Gasteiger partial charge in [0.05, 0.1) is 28.9 Å². The molecule has 0 heterocycles. The van der Waals surface area contributed by atoms with Crippen LogP contribution >= 0.6 is 0 Å². The number of benzene rings is 2. The van der Waals surface area contributed by atoms with Crippen molar-refractivity contribution in [1.82, 2.24) is 0 Å². The van der Waals surface area contributed by atoms with E-state index in [-0.39, 0.29) is 35.5 Å². The van der Waals surface area contributed by atoms with Crippen molar-refractivity contribution in [2.75, 3.05) is 17.9 Å². The zero-order valence-corrected chi connectivity index (χ0v) is 17.7. The molecule has 7 heteroatoms. The van der Waals surface area contributed by atoms with E-state index >= 15 is 0 Å². The predicted octanol–water partition coefficient (Wildman–Crippen LogP) is 3.99. The number of carbonyl (C=O) groups excluding carboxylic acids is 1. The van der Waals surface area contributed by atoms with Crippen molar-refractivity contribution in [2.45, 2.75) is 45.6 Å². The molecule has 0 amide bonds. The Balaban J connectivity index is 2.24. The minimum absolute atomic E-state index is 0.0405. The van der Waals surface area contributed by atoms with Crippen molar-refractivity contribution < 1.29 is 22.7 Å². The zero-order chi connectivity index (χ0) is 20.9. The van der Waals surface area contributed by atoms with Gasteiger partial charge in [-0.25, -0.2) is 13.2 Å². The van der Waals surface area contributed by atoms with Crippen LogP contribution in [0, 0.1) is 20.8 Å². The third kappa shape index (κ3) is 5.56. The van der Waals surface area contributed by atoms with Crippen molar-refractivity contribution in [3.63, 3.8) is 0 Å². The van der Waals surface area contributed by atoms with Crippen LogP contribution in [0.1, 0.15) is 40.9 Å². The number of ether oxygens (including phenoxy) is 2. The summed E-state index contributed by atoms with van der Waals surface area (Å²) in [6.07, 6.45) is 0.0405. The summed E-state index contributed by atoms with van der Waals surface area (Å²) in [5.41, 5.74) is 2.61. The molecule has 0 saturated heterocycles. The van der Waals surface area contributed by atoms with E-state index in [0.717, 1.165) is 5.56 Å². The highest BCUT2D eigenvalue weighted by Gasteiger charge is 2.23. The monoisotopic (exact) mass is 405 g/mol. The van der Waals surface area contributed by atoms with Crippen molar-refractivity contribution in [3.05, 3.63) is 58.7 Å². The van der Waals surface area contributed by atoms with Crippen LogP contribution in [0.15, 0.2) is 41.3 Å². The maximum Gasteiger partial charge on any atom is 0.340 e. The number of sulfonamides is 1. The molecular weight excluding hydrogens is 378 g/mol. The molecule has 0 aliphatic carbocycles. The Morgan fingerprint density at radius 3 is 2.25 bits per heavy atom. The lowest BCUT2D eigenvalue weighted by Gasteiger charge is -2.16. The zero-order valence-electron chi connectivity index (χ0n) is 16.9. The largest absolute Gasteiger partial charge is 0.460 e. The average molecular weight is 406 g/mol. The van der Waals surface area contributed by atoms with Gasteiger partial charge in [0.1, 0.15) is 6.61 Å². The summed E-state index contributed by atoms with van der Waals surface area (Å²) in [5.74, 6) is -0.608. The highest BCUT2D eigenvalue weighted by Crippen LogP contribution is 2.26. The van der Waals surface area contributed by atoms with E-state index in [9.17, 15) is 13.2 Å². The van der Waals surface area contributed by atoms with Gasteiger partial charge in [-0.1, -0.05) is 29.8 Å². The number of hydrogen-bond donors (Lipinski definition) is 1. The molecular formula is C21H27NO5S. The van der Waals surface area contributed by atoms with Gasteiger partial charge in [0, 0.05) is 0 Å². The van der Waals surface area contributed by atoms with Gasteiger partial charge in [0.2, 0.25) is 0 Å². The topological polar surface area (TPSA) is 81.7 Å². The minimum atomic E-state index is -3.87. The summed E-state index contributed by atoms with van der Waals surface area (Å²) in [6.45, 7) is 9.57. The Labute approximate surface area is 166 Å². The highest BCUT2D eigenvalue weighted by atomic mass is 32.2. The standard InChI is InChI=1S/C21H27NO5S/c1-14(2)26-10-11-27-21(23)18-8-6-7-9-19(18)22-28(24,25)20-16(4)12-15(3)13-17(20)5/h6-9,12-14,22H,10-11H2,1-5H3. The molecule has 0 atom stereocenters. The fraction of sp³-hybridized carbons (Fsp3) is 0.381. The molecule has 0 aliphatic heterocycles. The Morgan fingerprint density at radius 1 is 1.04 bits per heavy atom. The van der Waals surface area contributed by atoms with Crippen LogP contribution in [0.4, 0.5) is 5.69 Å². The third-order valence-corrected chi connectivity index (χ3v) is 5.70. The second kappa shape index (κ2) is 9.21. The van der Waals surface area contributed by atoms with E-state index < -0.39 is 16.0 Å². The number of nitrogens with one attached hydrogen (secondary N) is 1. The lowest BCUT2D eigenvalue weighted by molar-refractivity contribution is 0.0177. The van der Waals surface area contributed by atoms with Gasteiger partial charge in [0.15, 0.2) is 0 Å². The predicted molar refractivity (Wildman–Crippen MR) is 109 cm³/mol. The van der Waals surface area contributed by atoms with Crippen LogP contribution in [0.2, 0.25) is 0 Å². The van der Waals surface area contributed by atoms with Crippen LogP contribution in [-0.2, 0) is 19.5 Å². The van der Waals surface area contributed by atoms with Crippen LogP contribution in [0.5, 0.6) is 0 Å². The minimum Gasteiger partial charge on any atom is -0.460 e. The van der Waals surface area contributed by atoms with E-state index in [4.69, 9.17) is 9.47 Å². The van der Waals surface area contributed by atoms with E-state index in [1.54, 1.807) is 26.0 Å². The van der Waals surface area contributed by atoms with Gasteiger partial charge in [-0.2, -0.15) is 0 Å². The first-order valence-corrected chi connectivity index (χ1v) is 10.6. The Morgan fingerprint density at radius 2 is 1.64 bits per heavy atom. The summed E-state index contributed by atoms with van der Waals surface area (Å²) >= 11 is 0. The van der Waals surface area contributed by atoms with Crippen LogP contribution in [-0.4, -0.2) is 33.7 Å². The first-order chi connectivity index (χ1) is 13.1. The second-order valence-corrected chi connectivity index (χ2v) is 8.55. The van der Waals surface area contributed by atoms with Gasteiger partial charge in [0.25, 0.3) is 10.0 Å². The van der Waals surface area contributed by atoms with Crippen molar-refractivity contribution in [2.24, 2.45) is 0 Å². The molecule has 28 heavy (non-hydrogen) atoms. The molecule has 2 aromatic rings. The molecule has 0 bridgehead atoms. The molecule has 6 nitrogen and oxygen atoms in total. The van der Waals surface area contributed by atoms with Gasteiger partial charge in [-0.05, 0) is 57.9 Å². The lowest BCUT2D eigenvalue weighted by atomic mass is 10.1. The van der Waals surface area contributed by atoms with E-state index in [1.165, 1.54) is 12.1 Å². The van der Waals surface area contributed by atoms with Crippen molar-refractivity contribution in [3.8, 4) is 0 Å². The number of esters is 1. The molecule has 0 fully saturated rings. The summed E-state index contributed by atoms with van der Waals surface area (Å²) in [6, 6.07) is 10.0. The molecule has 2 aromatic carbocycles. The van der Waals surface area contributed by atoms with Crippen molar-refractivity contribution >= 4 is 21.7 Å². The molecule has 0 aromatic heterocycles. The summed E-state index contributed by atoms with van der Waals surface area (Å²) in [5, 5.41) is 0. The first-order valence-electron chi connectivity index (χ1n) is 9.10. The van der Waals surface area contributed by atoms with Gasteiger partial charge in [-0.15, -0.1) is 0 Å². The number of rotatable bonds is 8. The van der Waals surface area contributed by atoms with Gasteiger partial charge < -0.3 is 9.47 Å². The molecule has 152 valence electrons. The van der Waals surface area contributed by atoms with Gasteiger partial charge in [-0.3, -0.25) is 4.72 Å². The Hall–Kier alpha value is -2.38. The smallest absolute Gasteiger partial charge is 0.340 e. The molecule has 0 unspecified atom stereocenters.